The van der Waals surface area contributed by atoms with E-state index < -0.39 is 0 Å². The van der Waals surface area contributed by atoms with E-state index >= 15 is 0 Å². The highest BCUT2D eigenvalue weighted by atomic mass is 32.2. The maximum Gasteiger partial charge on any atom is 0.251 e. The summed E-state index contributed by atoms with van der Waals surface area (Å²) in [6, 6.07) is 3.67. The summed E-state index contributed by atoms with van der Waals surface area (Å²) in [5.74, 6) is 0.714. The first kappa shape index (κ1) is 15.8. The number of hydrogen-bond acceptors (Lipinski definition) is 4. The number of anilines is 1. The molecule has 0 fully saturated rings. The van der Waals surface area contributed by atoms with Crippen LogP contribution in [0.2, 0.25) is 0 Å². The largest absolute Gasteiger partial charge is 0.373 e. The minimum absolute atomic E-state index is 0.0304. The second-order valence-electron chi connectivity index (χ2n) is 4.49. The van der Waals surface area contributed by atoms with E-state index in [2.05, 4.69) is 29.5 Å². The van der Waals surface area contributed by atoms with Crippen LogP contribution in [0.4, 0.5) is 5.82 Å². The predicted octanol–water partition coefficient (Wildman–Crippen LogP) is 2.56. The fourth-order valence-corrected chi connectivity index (χ4v) is 1.90. The zero-order chi connectivity index (χ0) is 14.3. The van der Waals surface area contributed by atoms with E-state index in [4.69, 9.17) is 0 Å². The number of aromatic nitrogens is 1. The van der Waals surface area contributed by atoms with Gasteiger partial charge in [-0.3, -0.25) is 4.79 Å². The molecule has 1 aromatic rings. The Labute approximate surface area is 119 Å². The van der Waals surface area contributed by atoms with E-state index in [0.29, 0.717) is 17.4 Å². The number of amides is 1. The molecule has 5 heteroatoms. The van der Waals surface area contributed by atoms with Crippen LogP contribution in [-0.2, 0) is 6.42 Å². The fourth-order valence-electron chi connectivity index (χ4n) is 1.65. The molecule has 1 atom stereocenters. The third-order valence-electron chi connectivity index (χ3n) is 2.86. The number of rotatable bonds is 7. The molecule has 0 aliphatic carbocycles. The van der Waals surface area contributed by atoms with Gasteiger partial charge in [0.2, 0.25) is 0 Å². The SMILES string of the molecule is CCCc1cc(C(=O)NCC(C)SC)cc(NC)n1. The summed E-state index contributed by atoms with van der Waals surface area (Å²) in [4.78, 5) is 16.6. The summed E-state index contributed by atoms with van der Waals surface area (Å²) >= 11 is 1.74. The molecular weight excluding hydrogens is 258 g/mol. The number of hydrogen-bond donors (Lipinski definition) is 2. The normalized spacial score (nSPS) is 12.0. The van der Waals surface area contributed by atoms with Crippen molar-refractivity contribution in [3.8, 4) is 0 Å². The van der Waals surface area contributed by atoms with Crippen LogP contribution in [0.5, 0.6) is 0 Å². The monoisotopic (exact) mass is 281 g/mol. The Balaban J connectivity index is 2.80. The minimum Gasteiger partial charge on any atom is -0.373 e. The van der Waals surface area contributed by atoms with Crippen LogP contribution in [0.25, 0.3) is 0 Å². The van der Waals surface area contributed by atoms with Crippen LogP contribution >= 0.6 is 11.8 Å². The van der Waals surface area contributed by atoms with Gasteiger partial charge in [-0.25, -0.2) is 4.98 Å². The van der Waals surface area contributed by atoms with E-state index in [-0.39, 0.29) is 5.91 Å². The Kier molecular flexibility index (Phi) is 6.70. The summed E-state index contributed by atoms with van der Waals surface area (Å²) in [5, 5.41) is 6.38. The Bertz CT molecular complexity index is 423. The summed E-state index contributed by atoms with van der Waals surface area (Å²) in [7, 11) is 1.82. The number of aryl methyl sites for hydroxylation is 1. The third-order valence-corrected chi connectivity index (χ3v) is 3.83. The quantitative estimate of drug-likeness (QED) is 0.806. The smallest absolute Gasteiger partial charge is 0.251 e. The fraction of sp³-hybridized carbons (Fsp3) is 0.571. The highest BCUT2D eigenvalue weighted by Crippen LogP contribution is 2.12. The lowest BCUT2D eigenvalue weighted by Gasteiger charge is -2.11. The van der Waals surface area contributed by atoms with Crippen LogP contribution in [0.1, 0.15) is 36.3 Å². The molecule has 0 bridgehead atoms. The van der Waals surface area contributed by atoms with E-state index in [9.17, 15) is 4.79 Å². The van der Waals surface area contributed by atoms with Gasteiger partial charge in [0, 0.05) is 30.1 Å². The zero-order valence-electron chi connectivity index (χ0n) is 12.1. The van der Waals surface area contributed by atoms with Crippen molar-refractivity contribution < 1.29 is 4.79 Å². The first-order valence-corrected chi connectivity index (χ1v) is 7.89. The molecule has 106 valence electrons. The Morgan fingerprint density at radius 3 is 2.79 bits per heavy atom. The molecular formula is C14H23N3OS. The van der Waals surface area contributed by atoms with Crippen LogP contribution in [0.3, 0.4) is 0 Å². The number of carbonyl (C=O) groups is 1. The van der Waals surface area contributed by atoms with Crippen molar-refractivity contribution in [1.29, 1.82) is 0 Å². The average molecular weight is 281 g/mol. The van der Waals surface area contributed by atoms with Crippen molar-refractivity contribution in [3.63, 3.8) is 0 Å². The van der Waals surface area contributed by atoms with Crippen molar-refractivity contribution in [2.75, 3.05) is 25.2 Å². The van der Waals surface area contributed by atoms with Gasteiger partial charge in [-0.2, -0.15) is 11.8 Å². The van der Waals surface area contributed by atoms with Gasteiger partial charge in [-0.15, -0.1) is 0 Å². The lowest BCUT2D eigenvalue weighted by molar-refractivity contribution is 0.0954. The molecule has 0 aliphatic rings. The highest BCUT2D eigenvalue weighted by molar-refractivity contribution is 7.99. The molecule has 0 spiro atoms. The van der Waals surface area contributed by atoms with Crippen LogP contribution in [0.15, 0.2) is 12.1 Å². The average Bonchev–Trinajstić information content (AvgIpc) is 2.44. The second kappa shape index (κ2) is 8.04. The molecule has 0 aliphatic heterocycles. The zero-order valence-corrected chi connectivity index (χ0v) is 12.9. The van der Waals surface area contributed by atoms with Gasteiger partial charge in [-0.05, 0) is 24.8 Å². The number of nitrogens with zero attached hydrogens (tertiary/aromatic N) is 1. The predicted molar refractivity (Wildman–Crippen MR) is 83.1 cm³/mol. The van der Waals surface area contributed by atoms with Gasteiger partial charge in [0.05, 0.1) is 0 Å². The standard InChI is InChI=1S/C14H23N3OS/c1-5-6-12-7-11(8-13(15-3)17-12)14(18)16-9-10(2)19-4/h7-8,10H,5-6,9H2,1-4H3,(H,15,17)(H,16,18). The van der Waals surface area contributed by atoms with Crippen molar-refractivity contribution in [3.05, 3.63) is 23.4 Å². The molecule has 0 radical (unpaired) electrons. The van der Waals surface area contributed by atoms with E-state index in [1.54, 1.807) is 17.8 Å². The maximum absolute atomic E-state index is 12.1. The lowest BCUT2D eigenvalue weighted by atomic mass is 10.1. The van der Waals surface area contributed by atoms with E-state index in [1.807, 2.05) is 19.4 Å². The van der Waals surface area contributed by atoms with Crippen LogP contribution in [-0.4, -0.2) is 36.0 Å². The van der Waals surface area contributed by atoms with Gasteiger partial charge in [0.1, 0.15) is 5.82 Å². The molecule has 1 rings (SSSR count). The molecule has 1 heterocycles. The lowest BCUT2D eigenvalue weighted by Crippen LogP contribution is -2.29. The van der Waals surface area contributed by atoms with Crippen molar-refractivity contribution >= 4 is 23.5 Å². The summed E-state index contributed by atoms with van der Waals surface area (Å²) in [6.07, 6.45) is 3.95. The third kappa shape index (κ3) is 5.11. The van der Waals surface area contributed by atoms with E-state index in [1.165, 1.54) is 0 Å². The van der Waals surface area contributed by atoms with Gasteiger partial charge in [0.15, 0.2) is 0 Å². The number of carbonyl (C=O) groups excluding carboxylic acids is 1. The Morgan fingerprint density at radius 1 is 1.47 bits per heavy atom. The first-order valence-electron chi connectivity index (χ1n) is 6.60. The maximum atomic E-state index is 12.1. The van der Waals surface area contributed by atoms with Crippen LogP contribution in [0, 0.1) is 0 Å². The molecule has 1 unspecified atom stereocenters. The molecule has 0 aromatic carbocycles. The summed E-state index contributed by atoms with van der Waals surface area (Å²) in [5.41, 5.74) is 1.63. The van der Waals surface area contributed by atoms with E-state index in [0.717, 1.165) is 24.4 Å². The van der Waals surface area contributed by atoms with Gasteiger partial charge in [0.25, 0.3) is 5.91 Å². The minimum atomic E-state index is -0.0304. The van der Waals surface area contributed by atoms with Gasteiger partial charge in [-0.1, -0.05) is 20.3 Å². The van der Waals surface area contributed by atoms with Crippen molar-refractivity contribution in [1.82, 2.24) is 10.3 Å². The first-order chi connectivity index (χ1) is 9.10. The topological polar surface area (TPSA) is 54.0 Å². The molecule has 1 amide bonds. The number of pyridine rings is 1. The van der Waals surface area contributed by atoms with Crippen molar-refractivity contribution in [2.24, 2.45) is 0 Å². The second-order valence-corrected chi connectivity index (χ2v) is 5.76. The molecule has 0 saturated carbocycles. The summed E-state index contributed by atoms with van der Waals surface area (Å²) in [6.45, 7) is 4.88. The summed E-state index contributed by atoms with van der Waals surface area (Å²) < 4.78 is 0. The molecule has 4 nitrogen and oxygen atoms in total. The van der Waals surface area contributed by atoms with Gasteiger partial charge < -0.3 is 10.6 Å². The Morgan fingerprint density at radius 2 is 2.21 bits per heavy atom. The number of thioether (sulfide) groups is 1. The molecule has 2 N–H and O–H groups in total. The molecule has 1 aromatic heterocycles. The highest BCUT2D eigenvalue weighted by Gasteiger charge is 2.10. The van der Waals surface area contributed by atoms with Crippen LogP contribution < -0.4 is 10.6 Å². The Hall–Kier alpha value is -1.23. The van der Waals surface area contributed by atoms with Crippen molar-refractivity contribution in [2.45, 2.75) is 31.9 Å². The molecule has 0 saturated heterocycles. The number of nitrogens with one attached hydrogen (secondary N) is 2. The molecule has 19 heavy (non-hydrogen) atoms. The van der Waals surface area contributed by atoms with Gasteiger partial charge >= 0.3 is 0 Å².